The summed E-state index contributed by atoms with van der Waals surface area (Å²) in [5.41, 5.74) is 1.29. The molecule has 5 nitrogen and oxygen atoms in total. The molecule has 1 aromatic carbocycles. The third-order valence-electron chi connectivity index (χ3n) is 2.59. The number of aromatic hydroxyl groups is 1. The predicted molar refractivity (Wildman–Crippen MR) is 63.1 cm³/mol. The summed E-state index contributed by atoms with van der Waals surface area (Å²) in [4.78, 5) is 10.9. The van der Waals surface area contributed by atoms with Crippen molar-refractivity contribution in [3.05, 3.63) is 23.9 Å². The molecule has 0 atom stereocenters. The number of carbonyl (C=O) groups is 1. The first-order chi connectivity index (χ1) is 7.99. The highest BCUT2D eigenvalue weighted by Crippen LogP contribution is 2.25. The van der Waals surface area contributed by atoms with Crippen LogP contribution in [-0.2, 0) is 11.2 Å². The lowest BCUT2D eigenvalue weighted by molar-refractivity contribution is -0.136. The van der Waals surface area contributed by atoms with E-state index in [1.165, 1.54) is 0 Å². The Labute approximate surface area is 98.3 Å². The normalized spacial score (nSPS) is 11.2. The van der Waals surface area contributed by atoms with Crippen molar-refractivity contribution in [1.29, 1.82) is 0 Å². The Morgan fingerprint density at radius 2 is 2.18 bits per heavy atom. The van der Waals surface area contributed by atoms with Crippen LogP contribution >= 0.6 is 0 Å². The van der Waals surface area contributed by atoms with Crippen molar-refractivity contribution < 1.29 is 15.0 Å². The number of aliphatic carboxylic acids is 1. The molecule has 0 saturated heterocycles. The number of benzene rings is 1. The van der Waals surface area contributed by atoms with Gasteiger partial charge < -0.3 is 10.2 Å². The summed E-state index contributed by atoms with van der Waals surface area (Å²) in [6.07, 6.45) is -0.0700. The number of carboxylic acid groups (broad SMARTS) is 1. The number of carboxylic acids is 1. The van der Waals surface area contributed by atoms with Crippen LogP contribution < -0.4 is 0 Å². The van der Waals surface area contributed by atoms with Gasteiger partial charge in [-0.05, 0) is 26.0 Å². The Morgan fingerprint density at radius 3 is 2.76 bits per heavy atom. The van der Waals surface area contributed by atoms with Crippen molar-refractivity contribution >= 4 is 16.9 Å². The minimum atomic E-state index is -0.887. The third kappa shape index (κ3) is 2.08. The molecule has 0 aliphatic heterocycles. The van der Waals surface area contributed by atoms with Gasteiger partial charge in [0, 0.05) is 17.5 Å². The molecule has 90 valence electrons. The predicted octanol–water partition coefficient (Wildman–Crippen LogP) is 1.95. The maximum absolute atomic E-state index is 10.9. The summed E-state index contributed by atoms with van der Waals surface area (Å²) in [6.45, 7) is 3.88. The molecule has 1 heterocycles. The lowest BCUT2D eigenvalue weighted by Gasteiger charge is -2.09. The maximum Gasteiger partial charge on any atom is 0.309 e. The molecule has 0 aliphatic rings. The SMILES string of the molecule is CC(C)n1nc2cc(O)ccc2c1CC(=O)O. The zero-order chi connectivity index (χ0) is 12.6. The van der Waals surface area contributed by atoms with Gasteiger partial charge in [-0.1, -0.05) is 0 Å². The Morgan fingerprint density at radius 1 is 1.47 bits per heavy atom. The van der Waals surface area contributed by atoms with Gasteiger partial charge in [-0.25, -0.2) is 0 Å². The smallest absolute Gasteiger partial charge is 0.309 e. The van der Waals surface area contributed by atoms with E-state index in [1.807, 2.05) is 13.8 Å². The fourth-order valence-corrected chi connectivity index (χ4v) is 1.89. The van der Waals surface area contributed by atoms with Crippen molar-refractivity contribution in [2.45, 2.75) is 26.3 Å². The van der Waals surface area contributed by atoms with Crippen molar-refractivity contribution in [3.8, 4) is 5.75 Å². The second-order valence-electron chi connectivity index (χ2n) is 4.26. The van der Waals surface area contributed by atoms with Gasteiger partial charge >= 0.3 is 5.97 Å². The molecule has 2 aromatic rings. The van der Waals surface area contributed by atoms with Crippen molar-refractivity contribution in [3.63, 3.8) is 0 Å². The van der Waals surface area contributed by atoms with E-state index in [2.05, 4.69) is 5.10 Å². The van der Waals surface area contributed by atoms with Crippen LogP contribution in [0.2, 0.25) is 0 Å². The number of hydrogen-bond donors (Lipinski definition) is 2. The molecule has 0 radical (unpaired) electrons. The van der Waals surface area contributed by atoms with Gasteiger partial charge in [-0.2, -0.15) is 5.10 Å². The molecular formula is C12H14N2O3. The van der Waals surface area contributed by atoms with E-state index in [4.69, 9.17) is 5.11 Å². The molecule has 0 unspecified atom stereocenters. The minimum Gasteiger partial charge on any atom is -0.508 e. The monoisotopic (exact) mass is 234 g/mol. The zero-order valence-electron chi connectivity index (χ0n) is 9.71. The summed E-state index contributed by atoms with van der Waals surface area (Å²) >= 11 is 0. The van der Waals surface area contributed by atoms with Gasteiger partial charge in [0.1, 0.15) is 5.75 Å². The lowest BCUT2D eigenvalue weighted by atomic mass is 10.1. The average Bonchev–Trinajstić information content (AvgIpc) is 2.55. The van der Waals surface area contributed by atoms with Crippen LogP contribution in [0.25, 0.3) is 10.9 Å². The second kappa shape index (κ2) is 4.08. The Hall–Kier alpha value is -2.04. The highest BCUT2D eigenvalue weighted by atomic mass is 16.4. The summed E-state index contributed by atoms with van der Waals surface area (Å²) in [5, 5.41) is 23.4. The van der Waals surface area contributed by atoms with E-state index in [1.54, 1.807) is 22.9 Å². The van der Waals surface area contributed by atoms with Crippen LogP contribution in [0.1, 0.15) is 25.6 Å². The summed E-state index contributed by atoms with van der Waals surface area (Å²) < 4.78 is 1.69. The molecule has 1 aromatic heterocycles. The summed E-state index contributed by atoms with van der Waals surface area (Å²) in [6, 6.07) is 4.87. The van der Waals surface area contributed by atoms with Crippen LogP contribution in [0.3, 0.4) is 0 Å². The number of phenolic OH excluding ortho intramolecular Hbond substituents is 1. The third-order valence-corrected chi connectivity index (χ3v) is 2.59. The standard InChI is InChI=1S/C12H14N2O3/c1-7(2)14-11(6-12(16)17)9-4-3-8(15)5-10(9)13-14/h3-5,7,15H,6H2,1-2H3,(H,16,17). The number of rotatable bonds is 3. The molecule has 0 saturated carbocycles. The molecule has 0 amide bonds. The van der Waals surface area contributed by atoms with Crippen LogP contribution in [0.4, 0.5) is 0 Å². The zero-order valence-corrected chi connectivity index (χ0v) is 9.71. The Kier molecular flexibility index (Phi) is 2.75. The Balaban J connectivity index is 2.66. The number of phenols is 1. The number of hydrogen-bond acceptors (Lipinski definition) is 3. The number of fused-ring (bicyclic) bond motifs is 1. The van der Waals surface area contributed by atoms with Crippen molar-refractivity contribution in [2.24, 2.45) is 0 Å². The fourth-order valence-electron chi connectivity index (χ4n) is 1.89. The van der Waals surface area contributed by atoms with E-state index in [9.17, 15) is 9.90 Å². The topological polar surface area (TPSA) is 75.3 Å². The fraction of sp³-hybridized carbons (Fsp3) is 0.333. The Bertz CT molecular complexity index is 572. The van der Waals surface area contributed by atoms with E-state index in [-0.39, 0.29) is 18.2 Å². The largest absolute Gasteiger partial charge is 0.508 e. The van der Waals surface area contributed by atoms with Gasteiger partial charge in [-0.3, -0.25) is 9.48 Å². The maximum atomic E-state index is 10.9. The van der Waals surface area contributed by atoms with E-state index in [0.717, 1.165) is 5.39 Å². The first-order valence-corrected chi connectivity index (χ1v) is 5.41. The molecule has 0 bridgehead atoms. The lowest BCUT2D eigenvalue weighted by Crippen LogP contribution is -2.11. The molecular weight excluding hydrogens is 220 g/mol. The highest BCUT2D eigenvalue weighted by Gasteiger charge is 2.16. The van der Waals surface area contributed by atoms with Gasteiger partial charge in [-0.15, -0.1) is 0 Å². The number of nitrogens with zero attached hydrogens (tertiary/aromatic N) is 2. The second-order valence-corrected chi connectivity index (χ2v) is 4.26. The van der Waals surface area contributed by atoms with Gasteiger partial charge in [0.05, 0.1) is 17.6 Å². The number of aromatic nitrogens is 2. The highest BCUT2D eigenvalue weighted by molar-refractivity contribution is 5.86. The molecule has 0 fully saturated rings. The van der Waals surface area contributed by atoms with Gasteiger partial charge in [0.2, 0.25) is 0 Å². The van der Waals surface area contributed by atoms with Crippen molar-refractivity contribution in [1.82, 2.24) is 9.78 Å². The molecule has 2 rings (SSSR count). The van der Waals surface area contributed by atoms with E-state index < -0.39 is 5.97 Å². The van der Waals surface area contributed by atoms with Gasteiger partial charge in [0.15, 0.2) is 0 Å². The van der Waals surface area contributed by atoms with Crippen LogP contribution in [0.15, 0.2) is 18.2 Å². The first kappa shape index (κ1) is 11.4. The molecule has 0 aliphatic carbocycles. The first-order valence-electron chi connectivity index (χ1n) is 5.41. The average molecular weight is 234 g/mol. The minimum absolute atomic E-state index is 0.0700. The van der Waals surface area contributed by atoms with Crippen molar-refractivity contribution in [2.75, 3.05) is 0 Å². The van der Waals surface area contributed by atoms with Crippen LogP contribution in [-0.4, -0.2) is 26.0 Å². The van der Waals surface area contributed by atoms with E-state index >= 15 is 0 Å². The molecule has 0 spiro atoms. The van der Waals surface area contributed by atoms with Crippen LogP contribution in [0.5, 0.6) is 5.75 Å². The molecule has 2 N–H and O–H groups in total. The van der Waals surface area contributed by atoms with Gasteiger partial charge in [0.25, 0.3) is 0 Å². The molecule has 5 heteroatoms. The molecule has 17 heavy (non-hydrogen) atoms. The summed E-state index contributed by atoms with van der Waals surface area (Å²) in [5.74, 6) is -0.755. The van der Waals surface area contributed by atoms with E-state index in [0.29, 0.717) is 11.2 Å². The van der Waals surface area contributed by atoms with Crippen LogP contribution in [0, 0.1) is 0 Å². The quantitative estimate of drug-likeness (QED) is 0.851. The summed E-state index contributed by atoms with van der Waals surface area (Å²) in [7, 11) is 0.